The molecule has 0 N–H and O–H groups in total. The molecule has 0 atom stereocenters. The first-order valence-electron chi connectivity index (χ1n) is 7.05. The highest BCUT2D eigenvalue weighted by atomic mass is 35.5. The monoisotopic (exact) mass is 316 g/mol. The van der Waals surface area contributed by atoms with E-state index in [0.29, 0.717) is 5.15 Å². The van der Waals surface area contributed by atoms with E-state index in [1.807, 2.05) is 18.2 Å². The summed E-state index contributed by atoms with van der Waals surface area (Å²) in [6.45, 7) is 4.94. The number of aromatic nitrogens is 1. The Labute approximate surface area is 134 Å². The van der Waals surface area contributed by atoms with Gasteiger partial charge in [0.2, 0.25) is 0 Å². The molecule has 0 saturated carbocycles. The molecule has 2 nitrogen and oxygen atoms in total. The molecule has 0 spiro atoms. The van der Waals surface area contributed by atoms with E-state index in [2.05, 4.69) is 46.5 Å². The van der Waals surface area contributed by atoms with E-state index in [4.69, 9.17) is 11.6 Å². The van der Waals surface area contributed by atoms with Crippen LogP contribution < -0.4 is 0 Å². The average molecular weight is 317 g/mol. The van der Waals surface area contributed by atoms with Crippen molar-refractivity contribution in [3.05, 3.63) is 63.4 Å². The van der Waals surface area contributed by atoms with Gasteiger partial charge in [-0.3, -0.25) is 4.90 Å². The molecule has 0 aliphatic heterocycles. The van der Waals surface area contributed by atoms with Crippen LogP contribution in [0.1, 0.15) is 17.4 Å². The second kappa shape index (κ2) is 6.56. The van der Waals surface area contributed by atoms with E-state index >= 15 is 0 Å². The Kier molecular flexibility index (Phi) is 4.54. The summed E-state index contributed by atoms with van der Waals surface area (Å²) in [5, 5.41) is 3.87. The third kappa shape index (κ3) is 3.43. The van der Waals surface area contributed by atoms with Gasteiger partial charge in [0, 0.05) is 28.9 Å². The number of rotatable bonds is 5. The number of pyridine rings is 1. The van der Waals surface area contributed by atoms with Crippen LogP contribution in [0, 0.1) is 0 Å². The molecule has 3 rings (SSSR count). The van der Waals surface area contributed by atoms with Crippen molar-refractivity contribution >= 4 is 33.8 Å². The van der Waals surface area contributed by atoms with Gasteiger partial charge in [0.1, 0.15) is 5.15 Å². The van der Waals surface area contributed by atoms with Crippen molar-refractivity contribution in [1.82, 2.24) is 9.88 Å². The van der Waals surface area contributed by atoms with Crippen LogP contribution in [0.2, 0.25) is 5.15 Å². The molecule has 0 unspecified atom stereocenters. The highest BCUT2D eigenvalue weighted by Crippen LogP contribution is 2.23. The number of benzene rings is 1. The van der Waals surface area contributed by atoms with Gasteiger partial charge in [0.05, 0.1) is 5.52 Å². The largest absolute Gasteiger partial charge is 0.294 e. The highest BCUT2D eigenvalue weighted by Gasteiger charge is 2.10. The fourth-order valence-corrected chi connectivity index (χ4v) is 3.34. The van der Waals surface area contributed by atoms with Crippen LogP contribution in [0.5, 0.6) is 0 Å². The number of thiophene rings is 1. The maximum atomic E-state index is 6.35. The number of para-hydroxylation sites is 1. The summed E-state index contributed by atoms with van der Waals surface area (Å²) in [7, 11) is 0. The maximum Gasteiger partial charge on any atom is 0.134 e. The lowest BCUT2D eigenvalue weighted by molar-refractivity contribution is 0.274. The zero-order valence-corrected chi connectivity index (χ0v) is 13.5. The van der Waals surface area contributed by atoms with Gasteiger partial charge in [-0.15, -0.1) is 11.3 Å². The number of fused-ring (bicyclic) bond motifs is 1. The molecule has 0 radical (unpaired) electrons. The molecule has 0 aliphatic rings. The van der Waals surface area contributed by atoms with E-state index in [0.717, 1.165) is 36.1 Å². The fourth-order valence-electron chi connectivity index (χ4n) is 2.39. The molecule has 108 valence electrons. The predicted molar refractivity (Wildman–Crippen MR) is 90.9 cm³/mol. The summed E-state index contributed by atoms with van der Waals surface area (Å²) in [4.78, 5) is 8.26. The molecule has 0 bridgehead atoms. The van der Waals surface area contributed by atoms with Crippen LogP contribution in [-0.2, 0) is 13.1 Å². The number of nitrogens with zero attached hydrogens (tertiary/aromatic N) is 2. The number of hydrogen-bond donors (Lipinski definition) is 0. The smallest absolute Gasteiger partial charge is 0.134 e. The van der Waals surface area contributed by atoms with Gasteiger partial charge in [-0.1, -0.05) is 42.8 Å². The topological polar surface area (TPSA) is 16.1 Å². The summed E-state index contributed by atoms with van der Waals surface area (Å²) in [5.74, 6) is 0. The molecule has 3 aromatic rings. The molecule has 0 fully saturated rings. The first-order chi connectivity index (χ1) is 10.3. The molecule has 0 saturated heterocycles. The summed E-state index contributed by atoms with van der Waals surface area (Å²) >= 11 is 8.14. The van der Waals surface area contributed by atoms with Gasteiger partial charge >= 0.3 is 0 Å². The highest BCUT2D eigenvalue weighted by molar-refractivity contribution is 7.09. The fraction of sp³-hybridized carbons (Fsp3) is 0.235. The van der Waals surface area contributed by atoms with E-state index < -0.39 is 0 Å². The molecular weight excluding hydrogens is 300 g/mol. The Morgan fingerprint density at radius 1 is 1.14 bits per heavy atom. The third-order valence-corrected chi connectivity index (χ3v) is 4.74. The normalized spacial score (nSPS) is 11.4. The molecule has 0 amide bonds. The van der Waals surface area contributed by atoms with Crippen LogP contribution in [-0.4, -0.2) is 16.4 Å². The Hall–Kier alpha value is -1.42. The molecule has 0 aliphatic carbocycles. The Morgan fingerprint density at radius 2 is 2.00 bits per heavy atom. The van der Waals surface area contributed by atoms with Gasteiger partial charge in [-0.25, -0.2) is 4.98 Å². The van der Waals surface area contributed by atoms with Crippen molar-refractivity contribution in [3.8, 4) is 0 Å². The van der Waals surface area contributed by atoms with Crippen molar-refractivity contribution in [2.75, 3.05) is 6.54 Å². The Morgan fingerprint density at radius 3 is 2.76 bits per heavy atom. The summed E-state index contributed by atoms with van der Waals surface area (Å²) in [6, 6.07) is 14.5. The molecular formula is C17H17ClN2S. The summed E-state index contributed by atoms with van der Waals surface area (Å²) in [6.07, 6.45) is 0. The predicted octanol–water partition coefficient (Wildman–Crippen LogP) is 4.97. The lowest BCUT2D eigenvalue weighted by Gasteiger charge is -2.20. The zero-order valence-electron chi connectivity index (χ0n) is 11.9. The van der Waals surface area contributed by atoms with Crippen LogP contribution in [0.25, 0.3) is 10.9 Å². The average Bonchev–Trinajstić information content (AvgIpc) is 3.00. The SMILES string of the molecule is CCN(Cc1cccs1)Cc1cc2ccccc2nc1Cl. The lowest BCUT2D eigenvalue weighted by atomic mass is 10.1. The van der Waals surface area contributed by atoms with Crippen LogP contribution in [0.4, 0.5) is 0 Å². The van der Waals surface area contributed by atoms with E-state index in [9.17, 15) is 0 Å². The minimum absolute atomic E-state index is 0.610. The first-order valence-corrected chi connectivity index (χ1v) is 8.31. The van der Waals surface area contributed by atoms with Gasteiger partial charge in [0.15, 0.2) is 0 Å². The molecule has 21 heavy (non-hydrogen) atoms. The third-order valence-electron chi connectivity index (χ3n) is 3.55. The van der Waals surface area contributed by atoms with E-state index in [1.165, 1.54) is 4.88 Å². The Balaban J connectivity index is 1.83. The van der Waals surface area contributed by atoms with Crippen LogP contribution in [0.3, 0.4) is 0 Å². The summed E-state index contributed by atoms with van der Waals surface area (Å²) < 4.78 is 0. The molecule has 2 aromatic heterocycles. The zero-order chi connectivity index (χ0) is 14.7. The quantitative estimate of drug-likeness (QED) is 0.618. The van der Waals surface area contributed by atoms with E-state index in [-0.39, 0.29) is 0 Å². The lowest BCUT2D eigenvalue weighted by Crippen LogP contribution is -2.22. The number of hydrogen-bond acceptors (Lipinski definition) is 3. The standard InChI is InChI=1S/C17H17ClN2S/c1-2-20(12-15-7-5-9-21-15)11-14-10-13-6-3-4-8-16(13)19-17(14)18/h3-10H,2,11-12H2,1H3. The van der Waals surface area contributed by atoms with Gasteiger partial charge in [0.25, 0.3) is 0 Å². The summed E-state index contributed by atoms with van der Waals surface area (Å²) in [5.41, 5.74) is 2.04. The Bertz CT molecular complexity index is 725. The van der Waals surface area contributed by atoms with Crippen LogP contribution in [0.15, 0.2) is 47.8 Å². The minimum atomic E-state index is 0.610. The van der Waals surface area contributed by atoms with Crippen molar-refractivity contribution in [1.29, 1.82) is 0 Å². The molecule has 1 aromatic carbocycles. The second-order valence-electron chi connectivity index (χ2n) is 5.01. The van der Waals surface area contributed by atoms with Crippen LogP contribution >= 0.6 is 22.9 Å². The van der Waals surface area contributed by atoms with Gasteiger partial charge < -0.3 is 0 Å². The molecule has 4 heteroatoms. The van der Waals surface area contributed by atoms with Crippen molar-refractivity contribution in [2.24, 2.45) is 0 Å². The van der Waals surface area contributed by atoms with Gasteiger partial charge in [-0.2, -0.15) is 0 Å². The van der Waals surface area contributed by atoms with Crippen molar-refractivity contribution in [3.63, 3.8) is 0 Å². The van der Waals surface area contributed by atoms with E-state index in [1.54, 1.807) is 11.3 Å². The van der Waals surface area contributed by atoms with Gasteiger partial charge in [-0.05, 0) is 30.1 Å². The number of halogens is 1. The maximum absolute atomic E-state index is 6.35. The second-order valence-corrected chi connectivity index (χ2v) is 6.40. The molecule has 2 heterocycles. The minimum Gasteiger partial charge on any atom is -0.294 e. The van der Waals surface area contributed by atoms with Crippen molar-refractivity contribution < 1.29 is 0 Å². The van der Waals surface area contributed by atoms with Crippen molar-refractivity contribution in [2.45, 2.75) is 20.0 Å². The first kappa shape index (κ1) is 14.5.